The first-order valence-electron chi connectivity index (χ1n) is 2.89. The van der Waals surface area contributed by atoms with Gasteiger partial charge < -0.3 is 0 Å². The van der Waals surface area contributed by atoms with E-state index in [9.17, 15) is 0 Å². The predicted octanol–water partition coefficient (Wildman–Crippen LogP) is -0.621. The summed E-state index contributed by atoms with van der Waals surface area (Å²) in [5.41, 5.74) is 0. The van der Waals surface area contributed by atoms with Crippen LogP contribution < -0.4 is 0 Å². The van der Waals surface area contributed by atoms with Crippen LogP contribution in [-0.2, 0) is 48.2 Å². The Morgan fingerprint density at radius 2 is 1.73 bits per heavy atom. The molecule has 11 heavy (non-hydrogen) atoms. The molecule has 0 rings (SSSR count). The first kappa shape index (κ1) is 14.7. The van der Waals surface area contributed by atoms with E-state index in [1.807, 2.05) is 13.8 Å². The van der Waals surface area contributed by atoms with Gasteiger partial charge in [-0.05, 0) is 0 Å². The molecule has 0 aromatic carbocycles. The van der Waals surface area contributed by atoms with E-state index in [4.69, 9.17) is 11.1 Å². The summed E-state index contributed by atoms with van der Waals surface area (Å²) >= 11 is -4.89. The summed E-state index contributed by atoms with van der Waals surface area (Å²) in [4.78, 5) is 4.29. The zero-order valence-electron chi connectivity index (χ0n) is 6.44. The monoisotopic (exact) mass is 236 g/mol. The van der Waals surface area contributed by atoms with Crippen molar-refractivity contribution in [3.8, 4) is 0 Å². The molecular weight excluding hydrogens is 224 g/mol. The summed E-state index contributed by atoms with van der Waals surface area (Å²) in [6.45, 7) is 3.96. The third-order valence-corrected chi connectivity index (χ3v) is 1.11. The Bertz CT molecular complexity index is 91.0. The fourth-order valence-electron chi connectivity index (χ4n) is 0.249. The van der Waals surface area contributed by atoms with Crippen molar-refractivity contribution in [1.29, 1.82) is 0 Å². The molecule has 0 aromatic heterocycles. The van der Waals surface area contributed by atoms with Gasteiger partial charge >= 0.3 is 63.9 Å². The van der Waals surface area contributed by atoms with E-state index in [1.54, 1.807) is 0 Å². The van der Waals surface area contributed by atoms with E-state index in [0.717, 1.165) is 0 Å². The maximum absolute atomic E-state index is 8.28. The van der Waals surface area contributed by atoms with E-state index in [-0.39, 0.29) is 34.2 Å². The smallest absolute Gasteiger partial charge is 0 e. The van der Waals surface area contributed by atoms with Crippen molar-refractivity contribution in [3.63, 3.8) is 0 Å². The molecule has 0 unspecified atom stereocenters. The molecule has 3 N–H and O–H groups in total. The molecule has 66 valence electrons. The van der Waals surface area contributed by atoms with Crippen molar-refractivity contribution in [3.05, 3.63) is 0 Å². The fraction of sp³-hybridized carbons (Fsp3) is 1.00. The first-order valence-corrected chi connectivity index (χ1v) is 5.63. The van der Waals surface area contributed by atoms with Crippen molar-refractivity contribution in [2.45, 2.75) is 13.8 Å². The van der Waals surface area contributed by atoms with Gasteiger partial charge in [0, 0.05) is 21.7 Å². The Morgan fingerprint density at radius 1 is 1.27 bits per heavy atom. The van der Waals surface area contributed by atoms with Crippen LogP contribution >= 0.6 is 0 Å². The van der Waals surface area contributed by atoms with E-state index >= 15 is 0 Å². The zero-order valence-corrected chi connectivity index (χ0v) is 9.57. The van der Waals surface area contributed by atoms with Gasteiger partial charge in [-0.25, -0.2) is 0 Å². The summed E-state index contributed by atoms with van der Waals surface area (Å²) in [6, 6.07) is 0. The summed E-state index contributed by atoms with van der Waals surface area (Å²) < 4.78 is 28.7. The van der Waals surface area contributed by atoms with Crippen LogP contribution in [0.1, 0.15) is 13.8 Å². The summed E-state index contributed by atoms with van der Waals surface area (Å²) in [7, 11) is 0. The topological polar surface area (TPSA) is 79.2 Å². The normalized spacial score (nSPS) is 11.5. The SMILES string of the molecule is CC(C)CO[O][Ti]([OH])([OH])[OH].[Ti]. The van der Waals surface area contributed by atoms with Crippen LogP contribution in [0.2, 0.25) is 0 Å². The van der Waals surface area contributed by atoms with Gasteiger partial charge in [-0.3, -0.25) is 0 Å². The van der Waals surface area contributed by atoms with Crippen LogP contribution in [0.15, 0.2) is 0 Å². The van der Waals surface area contributed by atoms with Gasteiger partial charge in [0.05, 0.1) is 0 Å². The van der Waals surface area contributed by atoms with Crippen LogP contribution in [0.3, 0.4) is 0 Å². The molecule has 0 heterocycles. The molecule has 7 heteroatoms. The van der Waals surface area contributed by atoms with Crippen molar-refractivity contribution in [1.82, 2.24) is 0 Å². The molecule has 5 nitrogen and oxygen atoms in total. The average molecular weight is 236 g/mol. The molecule has 0 atom stereocenters. The largest absolute Gasteiger partial charge is 0 e. The van der Waals surface area contributed by atoms with Crippen molar-refractivity contribution < 1.29 is 59.3 Å². The first-order chi connectivity index (χ1) is 4.42. The maximum atomic E-state index is 8.28. The van der Waals surface area contributed by atoms with Crippen LogP contribution in [0.25, 0.3) is 0 Å². The fourth-order valence-corrected chi connectivity index (χ4v) is 0.602. The summed E-state index contributed by atoms with van der Waals surface area (Å²) in [5.74, 6) is 0.227. The minimum absolute atomic E-state index is 0. The molecule has 0 aromatic rings. The van der Waals surface area contributed by atoms with Gasteiger partial charge in [-0.15, -0.1) is 0 Å². The van der Waals surface area contributed by atoms with Crippen LogP contribution in [0, 0.1) is 5.92 Å². The molecule has 0 fully saturated rings. The van der Waals surface area contributed by atoms with Crippen molar-refractivity contribution in [2.75, 3.05) is 6.61 Å². The second kappa shape index (κ2) is 6.71. The van der Waals surface area contributed by atoms with Crippen molar-refractivity contribution in [2.24, 2.45) is 5.92 Å². The second-order valence-corrected chi connectivity index (χ2v) is 4.39. The molecule has 0 aliphatic carbocycles. The van der Waals surface area contributed by atoms with Gasteiger partial charge in [-0.1, -0.05) is 0 Å². The third kappa shape index (κ3) is 14.1. The molecule has 0 amide bonds. The summed E-state index contributed by atoms with van der Waals surface area (Å²) in [6.07, 6.45) is 0. The van der Waals surface area contributed by atoms with E-state index in [2.05, 4.69) is 8.36 Å². The molecule has 0 saturated heterocycles. The third-order valence-electron chi connectivity index (χ3n) is 0.572. The molecule has 0 radical (unpaired) electrons. The Balaban J connectivity index is 0. The van der Waals surface area contributed by atoms with Crippen LogP contribution in [-0.4, -0.2) is 17.7 Å². The molecule has 0 aliphatic heterocycles. The molecule has 0 saturated carbocycles. The van der Waals surface area contributed by atoms with Gasteiger partial charge in [0.2, 0.25) is 0 Å². The predicted molar refractivity (Wildman–Crippen MR) is 28.5 cm³/mol. The molecule has 0 aliphatic rings. The Hall–Kier alpha value is 1.23. The van der Waals surface area contributed by atoms with Gasteiger partial charge in [0.1, 0.15) is 0 Å². The molecule has 0 bridgehead atoms. The van der Waals surface area contributed by atoms with Gasteiger partial charge in [0.25, 0.3) is 0 Å². The average Bonchev–Trinajstić information content (AvgIpc) is 1.59. The Labute approximate surface area is 85.4 Å². The second-order valence-electron chi connectivity index (χ2n) is 2.34. The minimum atomic E-state index is -4.89. The maximum Gasteiger partial charge on any atom is 0 e. The van der Waals surface area contributed by atoms with Gasteiger partial charge in [-0.2, -0.15) is 0 Å². The van der Waals surface area contributed by atoms with E-state index < -0.39 is 18.1 Å². The molecule has 0 spiro atoms. The minimum Gasteiger partial charge on any atom is 0 e. The van der Waals surface area contributed by atoms with Crippen LogP contribution in [0.5, 0.6) is 0 Å². The number of hydrogen-bond donors (Lipinski definition) is 3. The quantitative estimate of drug-likeness (QED) is 0.344. The van der Waals surface area contributed by atoms with Gasteiger partial charge in [0.15, 0.2) is 0 Å². The van der Waals surface area contributed by atoms with Crippen LogP contribution in [0.4, 0.5) is 0 Å². The van der Waals surface area contributed by atoms with E-state index in [0.29, 0.717) is 0 Å². The zero-order chi connectivity index (χ0) is 8.20. The number of hydrogen-bond acceptors (Lipinski definition) is 5. The van der Waals surface area contributed by atoms with Crippen molar-refractivity contribution >= 4 is 0 Å². The summed E-state index contributed by atoms with van der Waals surface area (Å²) in [5, 5.41) is 0. The standard InChI is InChI=1S/C4H10O2.3H2O.2Ti/c1-4(2)3-6-5;;;;;/h4-5H,3H2,1-2H3;3*1H2;;/q;;;;;+4/p-4. The number of rotatable bonds is 4. The van der Waals surface area contributed by atoms with E-state index in [1.165, 1.54) is 0 Å². The Morgan fingerprint density at radius 3 is 2.00 bits per heavy atom. The molecular formula is C4H12O5Ti2. The Kier molecular flexibility index (Phi) is 8.99.